The van der Waals surface area contributed by atoms with E-state index in [9.17, 15) is 0 Å². The molecule has 0 saturated heterocycles. The molecule has 0 saturated carbocycles. The fourth-order valence-corrected chi connectivity index (χ4v) is 3.68. The largest absolute Gasteiger partial charge is 0.264 e. The topological polar surface area (TPSA) is 38.7 Å². The summed E-state index contributed by atoms with van der Waals surface area (Å²) in [6.07, 6.45) is 4.28. The van der Waals surface area contributed by atoms with Gasteiger partial charge in [-0.1, -0.05) is 30.1 Å². The maximum atomic E-state index is 6.29. The van der Waals surface area contributed by atoms with E-state index >= 15 is 0 Å². The molecule has 0 N–H and O–H groups in total. The quantitative estimate of drug-likeness (QED) is 0.648. The first-order chi connectivity index (χ1) is 9.20. The summed E-state index contributed by atoms with van der Waals surface area (Å²) >= 11 is 14.1. The average Bonchev–Trinajstić information content (AvgIpc) is 2.76. The normalized spacial score (nSPS) is 11.1. The van der Waals surface area contributed by atoms with Gasteiger partial charge in [0.25, 0.3) is 0 Å². The van der Waals surface area contributed by atoms with Gasteiger partial charge in [0.05, 0.1) is 10.4 Å². The van der Waals surface area contributed by atoms with Gasteiger partial charge in [-0.3, -0.25) is 4.98 Å². The van der Waals surface area contributed by atoms with Crippen molar-refractivity contribution in [1.29, 1.82) is 0 Å². The van der Waals surface area contributed by atoms with Gasteiger partial charge in [-0.25, -0.2) is 9.97 Å². The second-order valence-electron chi connectivity index (χ2n) is 3.95. The molecule has 96 valence electrons. The molecule has 0 amide bonds. The zero-order valence-corrected chi connectivity index (χ0v) is 12.4. The third-order valence-corrected chi connectivity index (χ3v) is 4.79. The van der Waals surface area contributed by atoms with Gasteiger partial charge < -0.3 is 0 Å². The molecule has 3 nitrogen and oxygen atoms in total. The van der Waals surface area contributed by atoms with Crippen molar-refractivity contribution in [3.8, 4) is 11.4 Å². The maximum absolute atomic E-state index is 6.29. The van der Waals surface area contributed by atoms with Crippen molar-refractivity contribution in [2.75, 3.05) is 0 Å². The number of hydrogen-bond donors (Lipinski definition) is 0. The van der Waals surface area contributed by atoms with E-state index in [1.54, 1.807) is 23.7 Å². The molecule has 0 aromatic carbocycles. The number of rotatable bonds is 2. The Morgan fingerprint density at radius 3 is 2.79 bits per heavy atom. The van der Waals surface area contributed by atoms with Crippen LogP contribution in [0.3, 0.4) is 0 Å². The highest BCUT2D eigenvalue weighted by Gasteiger charge is 2.16. The van der Waals surface area contributed by atoms with Crippen LogP contribution in [0.5, 0.6) is 0 Å². The van der Waals surface area contributed by atoms with Gasteiger partial charge in [0, 0.05) is 22.8 Å². The van der Waals surface area contributed by atoms with Crippen LogP contribution >= 0.6 is 34.5 Å². The Morgan fingerprint density at radius 1 is 1.26 bits per heavy atom. The molecular weight excluding hydrogens is 301 g/mol. The molecule has 19 heavy (non-hydrogen) atoms. The lowest BCUT2D eigenvalue weighted by molar-refractivity contribution is 1.19. The van der Waals surface area contributed by atoms with Crippen molar-refractivity contribution >= 4 is 44.8 Å². The fourth-order valence-electron chi connectivity index (χ4n) is 1.82. The molecule has 6 heteroatoms. The molecule has 3 rings (SSSR count). The Bertz CT molecular complexity index is 740. The molecule has 0 aliphatic heterocycles. The lowest BCUT2D eigenvalue weighted by atomic mass is 10.2. The first kappa shape index (κ1) is 12.8. The van der Waals surface area contributed by atoms with Gasteiger partial charge in [-0.15, -0.1) is 11.3 Å². The molecule has 0 aliphatic rings. The standard InChI is InChI=1S/C13H9Cl2N3S/c1-2-8-10(14)9-11(15)17-12(18-13(9)19-8)7-4-3-5-16-6-7/h3-6H,2H2,1H3. The first-order valence-corrected chi connectivity index (χ1v) is 7.32. The number of halogens is 2. The monoisotopic (exact) mass is 309 g/mol. The van der Waals surface area contributed by atoms with Crippen LogP contribution in [0, 0.1) is 0 Å². The van der Waals surface area contributed by atoms with Gasteiger partial charge in [0.2, 0.25) is 0 Å². The van der Waals surface area contributed by atoms with E-state index in [2.05, 4.69) is 21.9 Å². The Kier molecular flexibility index (Phi) is 3.39. The summed E-state index contributed by atoms with van der Waals surface area (Å²) in [6.45, 7) is 2.06. The van der Waals surface area contributed by atoms with Crippen LogP contribution in [0.1, 0.15) is 11.8 Å². The SMILES string of the molecule is CCc1sc2nc(-c3cccnc3)nc(Cl)c2c1Cl. The zero-order valence-electron chi connectivity index (χ0n) is 10.0. The van der Waals surface area contributed by atoms with Crippen LogP contribution in [-0.2, 0) is 6.42 Å². The van der Waals surface area contributed by atoms with Crippen LogP contribution < -0.4 is 0 Å². The molecule has 0 radical (unpaired) electrons. The van der Waals surface area contributed by atoms with Gasteiger partial charge in [-0.2, -0.15) is 0 Å². The van der Waals surface area contributed by atoms with Crippen LogP contribution in [0.15, 0.2) is 24.5 Å². The zero-order chi connectivity index (χ0) is 13.4. The number of hydrogen-bond acceptors (Lipinski definition) is 4. The summed E-state index contributed by atoms with van der Waals surface area (Å²) < 4.78 is 0. The minimum Gasteiger partial charge on any atom is -0.264 e. The summed E-state index contributed by atoms with van der Waals surface area (Å²) in [4.78, 5) is 14.8. The van der Waals surface area contributed by atoms with E-state index < -0.39 is 0 Å². The highest BCUT2D eigenvalue weighted by Crippen LogP contribution is 2.38. The number of thiophene rings is 1. The minimum atomic E-state index is 0.393. The van der Waals surface area contributed by atoms with Gasteiger partial charge >= 0.3 is 0 Å². The second-order valence-corrected chi connectivity index (χ2v) is 5.77. The van der Waals surface area contributed by atoms with Crippen molar-refractivity contribution in [3.05, 3.63) is 39.6 Å². The van der Waals surface area contributed by atoms with Gasteiger partial charge in [0.15, 0.2) is 5.82 Å². The van der Waals surface area contributed by atoms with E-state index in [4.69, 9.17) is 23.2 Å². The summed E-state index contributed by atoms with van der Waals surface area (Å²) in [6, 6.07) is 3.75. The van der Waals surface area contributed by atoms with Crippen LogP contribution in [-0.4, -0.2) is 15.0 Å². The van der Waals surface area contributed by atoms with Crippen molar-refractivity contribution in [2.45, 2.75) is 13.3 Å². The van der Waals surface area contributed by atoms with Crippen LogP contribution in [0.2, 0.25) is 10.2 Å². The highest BCUT2D eigenvalue weighted by molar-refractivity contribution is 7.19. The summed E-state index contributed by atoms with van der Waals surface area (Å²) in [5, 5.41) is 1.81. The molecule has 0 fully saturated rings. The summed E-state index contributed by atoms with van der Waals surface area (Å²) in [7, 11) is 0. The number of aromatic nitrogens is 3. The average molecular weight is 310 g/mol. The van der Waals surface area contributed by atoms with Crippen molar-refractivity contribution in [2.24, 2.45) is 0 Å². The van der Waals surface area contributed by atoms with E-state index in [-0.39, 0.29) is 0 Å². The Balaban J connectivity index is 2.26. The third kappa shape index (κ3) is 2.20. The second kappa shape index (κ2) is 5.04. The number of pyridine rings is 1. The van der Waals surface area contributed by atoms with Crippen molar-refractivity contribution < 1.29 is 0 Å². The van der Waals surface area contributed by atoms with Gasteiger partial charge in [-0.05, 0) is 18.6 Å². The number of aryl methyl sites for hydroxylation is 1. The molecule has 3 aromatic rings. The summed E-state index contributed by atoms with van der Waals surface area (Å²) in [5.41, 5.74) is 0.842. The predicted octanol–water partition coefficient (Wildman–Crippen LogP) is 4.62. The molecule has 0 aliphatic carbocycles. The molecule has 3 aromatic heterocycles. The van der Waals surface area contributed by atoms with E-state index in [1.165, 1.54) is 0 Å². The van der Waals surface area contributed by atoms with Crippen LogP contribution in [0.4, 0.5) is 0 Å². The van der Waals surface area contributed by atoms with Gasteiger partial charge in [0.1, 0.15) is 9.98 Å². The smallest absolute Gasteiger partial charge is 0.164 e. The minimum absolute atomic E-state index is 0.393. The Morgan fingerprint density at radius 2 is 2.11 bits per heavy atom. The van der Waals surface area contributed by atoms with Crippen molar-refractivity contribution in [3.63, 3.8) is 0 Å². The first-order valence-electron chi connectivity index (χ1n) is 5.75. The molecular formula is C13H9Cl2N3S. The van der Waals surface area contributed by atoms with E-state index in [0.717, 1.165) is 27.1 Å². The molecule has 3 heterocycles. The molecule has 0 spiro atoms. The Hall–Kier alpha value is -1.23. The summed E-state index contributed by atoms with van der Waals surface area (Å²) in [5.74, 6) is 0.575. The number of fused-ring (bicyclic) bond motifs is 1. The van der Waals surface area contributed by atoms with E-state index in [0.29, 0.717) is 16.0 Å². The van der Waals surface area contributed by atoms with Crippen molar-refractivity contribution in [1.82, 2.24) is 15.0 Å². The lowest BCUT2D eigenvalue weighted by Gasteiger charge is -2.01. The predicted molar refractivity (Wildman–Crippen MR) is 80.0 cm³/mol. The van der Waals surface area contributed by atoms with Crippen LogP contribution in [0.25, 0.3) is 21.6 Å². The number of nitrogens with zero attached hydrogens (tertiary/aromatic N) is 3. The molecule has 0 bridgehead atoms. The van der Waals surface area contributed by atoms with E-state index in [1.807, 2.05) is 12.1 Å². The molecule has 0 atom stereocenters. The lowest BCUT2D eigenvalue weighted by Crippen LogP contribution is -1.90. The Labute approximate surface area is 124 Å². The highest BCUT2D eigenvalue weighted by atomic mass is 35.5. The molecule has 0 unspecified atom stereocenters. The fraction of sp³-hybridized carbons (Fsp3) is 0.154. The third-order valence-electron chi connectivity index (χ3n) is 2.76. The maximum Gasteiger partial charge on any atom is 0.164 e.